The van der Waals surface area contributed by atoms with E-state index in [1.807, 2.05) is 6.92 Å². The molecule has 1 amide bonds. The molecule has 1 fully saturated rings. The van der Waals surface area contributed by atoms with E-state index in [0.29, 0.717) is 0 Å². The highest BCUT2D eigenvalue weighted by atomic mass is 16.4. The van der Waals surface area contributed by atoms with Crippen LogP contribution in [-0.4, -0.2) is 47.8 Å². The topological polar surface area (TPSA) is 98.7 Å². The van der Waals surface area contributed by atoms with E-state index in [0.717, 1.165) is 32.4 Å². The molecule has 1 saturated heterocycles. The lowest BCUT2D eigenvalue weighted by Gasteiger charge is -2.35. The highest BCUT2D eigenvalue weighted by Crippen LogP contribution is 2.32. The van der Waals surface area contributed by atoms with Gasteiger partial charge in [-0.25, -0.2) is 4.79 Å². The maximum atomic E-state index is 12.1. The quantitative estimate of drug-likeness (QED) is 0.525. The number of aliphatic hydroxyl groups excluding tert-OH is 1. The van der Waals surface area contributed by atoms with Crippen molar-refractivity contribution in [1.82, 2.24) is 10.6 Å². The molecule has 1 rings (SSSR count). The van der Waals surface area contributed by atoms with Crippen LogP contribution in [0.4, 0.5) is 0 Å². The molecule has 0 radical (unpaired) electrons. The number of carbonyl (C=O) groups excluding carboxylic acids is 1. The Balaban J connectivity index is 2.41. The number of carbonyl (C=O) groups is 2. The van der Waals surface area contributed by atoms with E-state index in [-0.39, 0.29) is 24.3 Å². The molecular weight excluding hydrogens is 236 g/mol. The molecular formula is C12H22N2O4. The van der Waals surface area contributed by atoms with Gasteiger partial charge in [-0.2, -0.15) is 0 Å². The van der Waals surface area contributed by atoms with Crippen molar-refractivity contribution in [2.45, 2.75) is 38.7 Å². The second-order valence-electron chi connectivity index (χ2n) is 4.78. The molecule has 0 aromatic heterocycles. The molecule has 0 bridgehead atoms. The summed E-state index contributed by atoms with van der Waals surface area (Å²) in [7, 11) is 0. The lowest BCUT2D eigenvalue weighted by atomic mass is 9.76. The zero-order valence-electron chi connectivity index (χ0n) is 10.7. The summed E-state index contributed by atoms with van der Waals surface area (Å²) < 4.78 is 0. The Hall–Kier alpha value is -1.14. The van der Waals surface area contributed by atoms with E-state index in [9.17, 15) is 9.59 Å². The summed E-state index contributed by atoms with van der Waals surface area (Å²) in [4.78, 5) is 22.6. The number of piperidine rings is 1. The highest BCUT2D eigenvalue weighted by molar-refractivity contribution is 5.82. The Morgan fingerprint density at radius 1 is 1.39 bits per heavy atom. The van der Waals surface area contributed by atoms with Gasteiger partial charge in [0.05, 0.1) is 5.41 Å². The monoisotopic (exact) mass is 258 g/mol. The van der Waals surface area contributed by atoms with Crippen LogP contribution in [0.5, 0.6) is 0 Å². The van der Waals surface area contributed by atoms with E-state index in [4.69, 9.17) is 10.2 Å². The molecule has 1 atom stereocenters. The van der Waals surface area contributed by atoms with Gasteiger partial charge in [0.15, 0.2) is 6.10 Å². The fraction of sp³-hybridized carbons (Fsp3) is 0.833. The van der Waals surface area contributed by atoms with Crippen LogP contribution >= 0.6 is 0 Å². The van der Waals surface area contributed by atoms with Crippen molar-refractivity contribution in [2.24, 2.45) is 5.41 Å². The van der Waals surface area contributed by atoms with Crippen LogP contribution in [0.25, 0.3) is 0 Å². The van der Waals surface area contributed by atoms with Gasteiger partial charge in [0, 0.05) is 13.0 Å². The molecule has 0 aromatic rings. The number of carboxylic acid groups (broad SMARTS) is 1. The summed E-state index contributed by atoms with van der Waals surface area (Å²) in [6.45, 7) is 3.86. The molecule has 104 valence electrons. The Morgan fingerprint density at radius 2 is 2.00 bits per heavy atom. The maximum absolute atomic E-state index is 12.1. The van der Waals surface area contributed by atoms with Gasteiger partial charge >= 0.3 is 5.97 Å². The smallest absolute Gasteiger partial charge is 0.332 e. The van der Waals surface area contributed by atoms with E-state index in [1.54, 1.807) is 0 Å². The minimum absolute atomic E-state index is 0.0240. The van der Waals surface area contributed by atoms with Gasteiger partial charge in [-0.15, -0.1) is 0 Å². The van der Waals surface area contributed by atoms with Crippen molar-refractivity contribution in [1.29, 1.82) is 0 Å². The maximum Gasteiger partial charge on any atom is 0.332 e. The van der Waals surface area contributed by atoms with Crippen molar-refractivity contribution >= 4 is 11.9 Å². The molecule has 4 N–H and O–H groups in total. The minimum atomic E-state index is -1.41. The van der Waals surface area contributed by atoms with Gasteiger partial charge in [0.25, 0.3) is 0 Å². The largest absolute Gasteiger partial charge is 0.479 e. The predicted octanol–water partition coefficient (Wildman–Crippen LogP) is -0.282. The number of aliphatic hydroxyl groups is 1. The number of hydrogen-bond donors (Lipinski definition) is 4. The zero-order valence-corrected chi connectivity index (χ0v) is 10.7. The molecule has 0 aliphatic carbocycles. The van der Waals surface area contributed by atoms with Crippen molar-refractivity contribution in [3.8, 4) is 0 Å². The van der Waals surface area contributed by atoms with Crippen LogP contribution in [0.2, 0.25) is 0 Å². The van der Waals surface area contributed by atoms with Crippen LogP contribution in [-0.2, 0) is 9.59 Å². The Kier molecular flexibility index (Phi) is 5.55. The Bertz CT molecular complexity index is 300. The molecule has 18 heavy (non-hydrogen) atoms. The second kappa shape index (κ2) is 6.70. The first-order chi connectivity index (χ1) is 8.52. The van der Waals surface area contributed by atoms with Crippen LogP contribution in [0.1, 0.15) is 32.6 Å². The molecule has 6 nitrogen and oxygen atoms in total. The summed E-state index contributed by atoms with van der Waals surface area (Å²) in [6, 6.07) is 0. The van der Waals surface area contributed by atoms with E-state index in [1.165, 1.54) is 0 Å². The highest BCUT2D eigenvalue weighted by Gasteiger charge is 2.37. The van der Waals surface area contributed by atoms with Crippen LogP contribution in [0, 0.1) is 5.41 Å². The van der Waals surface area contributed by atoms with Crippen molar-refractivity contribution in [3.63, 3.8) is 0 Å². The summed E-state index contributed by atoms with van der Waals surface area (Å²) in [6.07, 6.45) is 1.02. The number of aliphatic carboxylic acids is 1. The average molecular weight is 258 g/mol. The predicted molar refractivity (Wildman–Crippen MR) is 66.1 cm³/mol. The van der Waals surface area contributed by atoms with Gasteiger partial charge in [0.2, 0.25) is 5.91 Å². The summed E-state index contributed by atoms with van der Waals surface area (Å²) in [5.41, 5.74) is -0.334. The first-order valence-electron chi connectivity index (χ1n) is 6.42. The summed E-state index contributed by atoms with van der Waals surface area (Å²) >= 11 is 0. The number of nitrogens with one attached hydrogen (secondary N) is 2. The number of rotatable bonds is 6. The Morgan fingerprint density at radius 3 is 2.50 bits per heavy atom. The fourth-order valence-electron chi connectivity index (χ4n) is 2.28. The van der Waals surface area contributed by atoms with Gasteiger partial charge in [0.1, 0.15) is 0 Å². The van der Waals surface area contributed by atoms with Crippen LogP contribution in [0.3, 0.4) is 0 Å². The average Bonchev–Trinajstić information content (AvgIpc) is 2.39. The molecule has 1 aliphatic rings. The minimum Gasteiger partial charge on any atom is -0.479 e. The Labute approximate surface area is 107 Å². The lowest BCUT2D eigenvalue weighted by molar-refractivity contribution is -0.147. The first-order valence-corrected chi connectivity index (χ1v) is 6.42. The third-order valence-corrected chi connectivity index (χ3v) is 3.71. The molecule has 0 spiro atoms. The zero-order chi connectivity index (χ0) is 13.6. The van der Waals surface area contributed by atoms with E-state index in [2.05, 4.69) is 10.6 Å². The van der Waals surface area contributed by atoms with E-state index < -0.39 is 12.1 Å². The van der Waals surface area contributed by atoms with Gasteiger partial charge in [-0.1, -0.05) is 6.92 Å². The van der Waals surface area contributed by atoms with Gasteiger partial charge < -0.3 is 20.8 Å². The standard InChI is InChI=1S/C12H22N2O4/c1-2-12(4-7-13-8-5-12)11(18)14-6-3-9(15)10(16)17/h9,13,15H,2-8H2,1H3,(H,14,18)(H,16,17). The lowest BCUT2D eigenvalue weighted by Crippen LogP contribution is -2.47. The first kappa shape index (κ1) is 14.9. The second-order valence-corrected chi connectivity index (χ2v) is 4.78. The van der Waals surface area contributed by atoms with Crippen molar-refractivity contribution < 1.29 is 19.8 Å². The van der Waals surface area contributed by atoms with Crippen molar-refractivity contribution in [3.05, 3.63) is 0 Å². The van der Waals surface area contributed by atoms with Gasteiger partial charge in [-0.05, 0) is 32.4 Å². The van der Waals surface area contributed by atoms with Crippen LogP contribution in [0.15, 0.2) is 0 Å². The van der Waals surface area contributed by atoms with Crippen LogP contribution < -0.4 is 10.6 Å². The number of carboxylic acids is 1. The molecule has 1 heterocycles. The summed E-state index contributed by atoms with van der Waals surface area (Å²) in [5.74, 6) is -1.28. The molecule has 0 aromatic carbocycles. The fourth-order valence-corrected chi connectivity index (χ4v) is 2.28. The summed E-state index contributed by atoms with van der Waals surface area (Å²) in [5, 5.41) is 23.6. The third kappa shape index (κ3) is 3.68. The molecule has 6 heteroatoms. The normalized spacial score (nSPS) is 20.1. The molecule has 0 saturated carbocycles. The van der Waals surface area contributed by atoms with Crippen molar-refractivity contribution in [2.75, 3.05) is 19.6 Å². The third-order valence-electron chi connectivity index (χ3n) is 3.71. The van der Waals surface area contributed by atoms with E-state index >= 15 is 0 Å². The number of hydrogen-bond acceptors (Lipinski definition) is 4. The van der Waals surface area contributed by atoms with Gasteiger partial charge in [-0.3, -0.25) is 4.79 Å². The number of amides is 1. The SMILES string of the molecule is CCC1(C(=O)NCCC(O)C(=O)O)CCNCC1. The molecule has 1 aliphatic heterocycles. The molecule has 1 unspecified atom stereocenters.